The second-order valence-corrected chi connectivity index (χ2v) is 5.23. The number of piperazine rings is 1. The zero-order valence-corrected chi connectivity index (χ0v) is 12.3. The van der Waals surface area contributed by atoms with E-state index in [1.165, 1.54) is 0 Å². The maximum Gasteiger partial charge on any atom is 0.316 e. The van der Waals surface area contributed by atoms with Gasteiger partial charge in [0.25, 0.3) is 0 Å². The summed E-state index contributed by atoms with van der Waals surface area (Å²) in [7, 11) is 0. The van der Waals surface area contributed by atoms with Gasteiger partial charge in [0.2, 0.25) is 5.91 Å². The lowest BCUT2D eigenvalue weighted by molar-refractivity contribution is -0.894. The van der Waals surface area contributed by atoms with E-state index < -0.39 is 0 Å². The third-order valence-corrected chi connectivity index (χ3v) is 4.07. The van der Waals surface area contributed by atoms with Crippen molar-refractivity contribution in [3.05, 3.63) is 24.4 Å². The van der Waals surface area contributed by atoms with Crippen molar-refractivity contribution in [2.45, 2.75) is 26.7 Å². The first-order chi connectivity index (χ1) is 9.67. The van der Waals surface area contributed by atoms with Crippen LogP contribution in [-0.4, -0.2) is 42.2 Å². The lowest BCUT2D eigenvalue weighted by atomic mass is 10.0. The largest absolute Gasteiger partial charge is 0.350 e. The molecule has 2 heterocycles. The number of carbonyl (C=O) groups excluding carboxylic acids is 1. The van der Waals surface area contributed by atoms with Crippen molar-refractivity contribution in [3.8, 4) is 0 Å². The van der Waals surface area contributed by atoms with E-state index in [1.54, 1.807) is 12.3 Å². The molecule has 1 aromatic rings. The molecule has 5 heteroatoms. The number of hydrogen-bond acceptors (Lipinski definition) is 3. The molecule has 1 N–H and O–H groups in total. The van der Waals surface area contributed by atoms with E-state index in [9.17, 15) is 10.0 Å². The van der Waals surface area contributed by atoms with Crippen LogP contribution >= 0.6 is 0 Å². The normalized spacial score (nSPS) is 15.8. The Kier molecular flexibility index (Phi) is 4.82. The predicted molar refractivity (Wildman–Crippen MR) is 76.7 cm³/mol. The molecular formula is C15H24N3O2+. The van der Waals surface area contributed by atoms with Gasteiger partial charge in [-0.2, -0.15) is 0 Å². The highest BCUT2D eigenvalue weighted by Gasteiger charge is 2.29. The van der Waals surface area contributed by atoms with E-state index >= 15 is 0 Å². The van der Waals surface area contributed by atoms with Gasteiger partial charge in [-0.05, 0) is 18.9 Å². The molecule has 1 amide bonds. The van der Waals surface area contributed by atoms with E-state index in [-0.39, 0.29) is 11.8 Å². The minimum Gasteiger partial charge on any atom is -0.350 e. The first-order valence-corrected chi connectivity index (χ1v) is 7.41. The van der Waals surface area contributed by atoms with Crippen LogP contribution in [0, 0.1) is 5.92 Å². The average molecular weight is 278 g/mol. The Balaban J connectivity index is 1.96. The summed E-state index contributed by atoms with van der Waals surface area (Å²) >= 11 is 0. The maximum atomic E-state index is 12.3. The van der Waals surface area contributed by atoms with Gasteiger partial charge in [-0.25, -0.2) is 0 Å². The highest BCUT2D eigenvalue weighted by Crippen LogP contribution is 2.16. The molecule has 0 atom stereocenters. The second kappa shape index (κ2) is 6.59. The zero-order chi connectivity index (χ0) is 14.5. The van der Waals surface area contributed by atoms with E-state index in [0.29, 0.717) is 0 Å². The highest BCUT2D eigenvalue weighted by atomic mass is 16.5. The third kappa shape index (κ3) is 3.03. The molecule has 0 bridgehead atoms. The Labute approximate surface area is 120 Å². The number of nitrogens with zero attached hydrogens (tertiary/aromatic N) is 3. The molecule has 1 fully saturated rings. The van der Waals surface area contributed by atoms with Crippen LogP contribution in [0.3, 0.4) is 0 Å². The lowest BCUT2D eigenvalue weighted by Gasteiger charge is -2.33. The first kappa shape index (κ1) is 14.6. The van der Waals surface area contributed by atoms with Crippen LogP contribution in [0.5, 0.6) is 0 Å². The van der Waals surface area contributed by atoms with Crippen molar-refractivity contribution in [2.24, 2.45) is 5.92 Å². The van der Waals surface area contributed by atoms with Crippen molar-refractivity contribution in [1.29, 1.82) is 0 Å². The molecular weight excluding hydrogens is 254 g/mol. The smallest absolute Gasteiger partial charge is 0.316 e. The lowest BCUT2D eigenvalue weighted by Crippen LogP contribution is -2.53. The Morgan fingerprint density at radius 2 is 1.90 bits per heavy atom. The van der Waals surface area contributed by atoms with Gasteiger partial charge < -0.3 is 10.1 Å². The van der Waals surface area contributed by atoms with Gasteiger partial charge in [0.1, 0.15) is 19.3 Å². The Bertz CT molecular complexity index is 452. The number of pyridine rings is 1. The topological polar surface area (TPSA) is 47.7 Å². The standard InChI is InChI=1S/C15H24N3O2/c1-3-13(4-2)15(19)17-11-9-16(10-12-17)14-7-5-6-8-18(14)20/h5-8,13,20H,3-4,9-12H2,1-2H3/q+1. The summed E-state index contributed by atoms with van der Waals surface area (Å²) in [5, 5.41) is 9.80. The van der Waals surface area contributed by atoms with Crippen molar-refractivity contribution in [1.82, 2.24) is 4.90 Å². The predicted octanol–water partition coefficient (Wildman–Crippen LogP) is 1.30. The van der Waals surface area contributed by atoms with Gasteiger partial charge in [0.15, 0.2) is 0 Å². The van der Waals surface area contributed by atoms with Gasteiger partial charge in [-0.3, -0.25) is 9.69 Å². The van der Waals surface area contributed by atoms with E-state index in [0.717, 1.165) is 49.6 Å². The Morgan fingerprint density at radius 3 is 2.45 bits per heavy atom. The molecule has 0 aromatic carbocycles. The van der Waals surface area contributed by atoms with Crippen molar-refractivity contribution in [3.63, 3.8) is 0 Å². The summed E-state index contributed by atoms with van der Waals surface area (Å²) in [5.41, 5.74) is 0. The summed E-state index contributed by atoms with van der Waals surface area (Å²) < 4.78 is 1.14. The molecule has 0 spiro atoms. The van der Waals surface area contributed by atoms with Gasteiger partial charge >= 0.3 is 5.82 Å². The second-order valence-electron chi connectivity index (χ2n) is 5.23. The molecule has 0 radical (unpaired) electrons. The van der Waals surface area contributed by atoms with Crippen LogP contribution in [0.4, 0.5) is 5.82 Å². The monoisotopic (exact) mass is 278 g/mol. The fraction of sp³-hybridized carbons (Fsp3) is 0.600. The number of rotatable bonds is 4. The molecule has 0 unspecified atom stereocenters. The van der Waals surface area contributed by atoms with Gasteiger partial charge in [0.05, 0.1) is 13.1 Å². The summed E-state index contributed by atoms with van der Waals surface area (Å²) in [5.74, 6) is 1.21. The number of anilines is 1. The number of hydrogen-bond donors (Lipinski definition) is 1. The highest BCUT2D eigenvalue weighted by molar-refractivity contribution is 5.79. The van der Waals surface area contributed by atoms with E-state index in [4.69, 9.17) is 0 Å². The van der Waals surface area contributed by atoms with Crippen LogP contribution in [0.15, 0.2) is 24.4 Å². The third-order valence-electron chi connectivity index (χ3n) is 4.07. The molecule has 5 nitrogen and oxygen atoms in total. The van der Waals surface area contributed by atoms with Crippen LogP contribution in [-0.2, 0) is 4.79 Å². The summed E-state index contributed by atoms with van der Waals surface area (Å²) in [6.07, 6.45) is 3.44. The van der Waals surface area contributed by atoms with Gasteiger partial charge in [-0.15, -0.1) is 0 Å². The molecule has 1 saturated heterocycles. The number of aromatic nitrogens is 1. The minimum atomic E-state index is 0.154. The maximum absolute atomic E-state index is 12.3. The molecule has 1 aliphatic rings. The van der Waals surface area contributed by atoms with Crippen molar-refractivity contribution in [2.75, 3.05) is 31.1 Å². The molecule has 0 aliphatic carbocycles. The molecule has 1 aliphatic heterocycles. The molecule has 2 rings (SSSR count). The fourth-order valence-corrected chi connectivity index (χ4v) is 2.73. The van der Waals surface area contributed by atoms with Crippen LogP contribution in [0.1, 0.15) is 26.7 Å². The summed E-state index contributed by atoms with van der Waals surface area (Å²) in [6, 6.07) is 5.58. The first-order valence-electron chi connectivity index (χ1n) is 7.41. The summed E-state index contributed by atoms with van der Waals surface area (Å²) in [6.45, 7) is 7.11. The molecule has 1 aromatic heterocycles. The number of carbonyl (C=O) groups is 1. The fourth-order valence-electron chi connectivity index (χ4n) is 2.73. The summed E-state index contributed by atoms with van der Waals surface area (Å²) in [4.78, 5) is 16.4. The molecule has 110 valence electrons. The van der Waals surface area contributed by atoms with E-state index in [2.05, 4.69) is 18.7 Å². The zero-order valence-electron chi connectivity index (χ0n) is 12.3. The van der Waals surface area contributed by atoms with Crippen molar-refractivity contribution < 1.29 is 14.7 Å². The van der Waals surface area contributed by atoms with Gasteiger partial charge in [-0.1, -0.05) is 24.6 Å². The Morgan fingerprint density at radius 1 is 1.25 bits per heavy atom. The minimum absolute atomic E-state index is 0.154. The molecule has 0 saturated carbocycles. The average Bonchev–Trinajstić information content (AvgIpc) is 2.49. The van der Waals surface area contributed by atoms with E-state index in [1.807, 2.05) is 17.0 Å². The number of amides is 1. The van der Waals surface area contributed by atoms with Crippen LogP contribution in [0.25, 0.3) is 0 Å². The van der Waals surface area contributed by atoms with Gasteiger partial charge in [0, 0.05) is 12.0 Å². The van der Waals surface area contributed by atoms with Crippen LogP contribution < -0.4 is 9.63 Å². The Hall–Kier alpha value is -1.78. The SMILES string of the molecule is CCC(CC)C(=O)N1CCN(c2cccc[n+]2O)CC1. The van der Waals surface area contributed by atoms with Crippen molar-refractivity contribution >= 4 is 11.7 Å². The van der Waals surface area contributed by atoms with Crippen LogP contribution in [0.2, 0.25) is 0 Å². The quantitative estimate of drug-likeness (QED) is 0.667. The molecule has 20 heavy (non-hydrogen) atoms.